The number of rotatable bonds is 3. The zero-order valence-electron chi connectivity index (χ0n) is 12.8. The molecule has 0 aliphatic carbocycles. The van der Waals surface area contributed by atoms with E-state index in [2.05, 4.69) is 0 Å². The molecule has 1 aliphatic heterocycles. The molecule has 0 N–H and O–H groups in total. The third-order valence-corrected chi connectivity index (χ3v) is 4.52. The van der Waals surface area contributed by atoms with Crippen LogP contribution < -0.4 is 0 Å². The number of hydrogen-bond acceptors (Lipinski definition) is 2. The number of likely N-dealkylation sites (tertiary alicyclic amines) is 1. The Balaban J connectivity index is 2.03. The van der Waals surface area contributed by atoms with E-state index in [0.29, 0.717) is 23.1 Å². The Labute approximate surface area is 141 Å². The van der Waals surface area contributed by atoms with Gasteiger partial charge in [-0.3, -0.25) is 9.59 Å². The van der Waals surface area contributed by atoms with Gasteiger partial charge >= 0.3 is 0 Å². The van der Waals surface area contributed by atoms with Gasteiger partial charge in [-0.2, -0.15) is 0 Å². The van der Waals surface area contributed by atoms with Gasteiger partial charge in [-0.25, -0.2) is 0 Å². The minimum Gasteiger partial charge on any atom is -0.349 e. The van der Waals surface area contributed by atoms with Gasteiger partial charge in [0.2, 0.25) is 11.8 Å². The van der Waals surface area contributed by atoms with Crippen LogP contribution in [0.25, 0.3) is 0 Å². The predicted molar refractivity (Wildman–Crippen MR) is 88.2 cm³/mol. The molecular formula is C16H20Cl2N2O2. The number of piperidine rings is 1. The van der Waals surface area contributed by atoms with Gasteiger partial charge in [0.15, 0.2) is 0 Å². The first-order valence-corrected chi connectivity index (χ1v) is 8.07. The summed E-state index contributed by atoms with van der Waals surface area (Å²) in [5.74, 6) is -0.0405. The maximum atomic E-state index is 12.5. The largest absolute Gasteiger partial charge is 0.349 e. The van der Waals surface area contributed by atoms with Crippen LogP contribution in [-0.2, 0) is 16.0 Å². The van der Waals surface area contributed by atoms with Crippen molar-refractivity contribution in [1.29, 1.82) is 0 Å². The quantitative estimate of drug-likeness (QED) is 0.847. The van der Waals surface area contributed by atoms with Crippen LogP contribution in [0.2, 0.25) is 10.0 Å². The average Bonchev–Trinajstić information content (AvgIpc) is 2.50. The highest BCUT2D eigenvalue weighted by Crippen LogP contribution is 2.23. The molecule has 2 amide bonds. The molecule has 0 aromatic heterocycles. The molecule has 0 spiro atoms. The molecule has 6 heteroatoms. The third-order valence-electron chi connectivity index (χ3n) is 3.91. The van der Waals surface area contributed by atoms with Crippen LogP contribution >= 0.6 is 23.2 Å². The molecule has 0 radical (unpaired) electrons. The summed E-state index contributed by atoms with van der Waals surface area (Å²) >= 11 is 12.1. The van der Waals surface area contributed by atoms with E-state index >= 15 is 0 Å². The smallest absolute Gasteiger partial charge is 0.227 e. The molecule has 1 fully saturated rings. The second kappa shape index (κ2) is 7.34. The highest BCUT2D eigenvalue weighted by molar-refractivity contribution is 6.33. The maximum Gasteiger partial charge on any atom is 0.227 e. The molecule has 2 rings (SSSR count). The molecule has 4 nitrogen and oxygen atoms in total. The first-order chi connectivity index (χ1) is 10.4. The van der Waals surface area contributed by atoms with Crippen molar-refractivity contribution in [2.24, 2.45) is 5.92 Å². The third kappa shape index (κ3) is 4.14. The molecule has 1 aliphatic rings. The van der Waals surface area contributed by atoms with E-state index in [1.54, 1.807) is 42.1 Å². The number of hydrogen-bond donors (Lipinski definition) is 0. The summed E-state index contributed by atoms with van der Waals surface area (Å²) in [7, 11) is 3.49. The van der Waals surface area contributed by atoms with Crippen LogP contribution in [0.15, 0.2) is 18.2 Å². The number of carbonyl (C=O) groups is 2. The lowest BCUT2D eigenvalue weighted by atomic mass is 9.96. The molecule has 22 heavy (non-hydrogen) atoms. The molecule has 0 saturated carbocycles. The van der Waals surface area contributed by atoms with Gasteiger partial charge in [0.25, 0.3) is 0 Å². The SMILES string of the molecule is CN(C)C(=O)[C@@H]1CCCN(C(=O)Cc2cc(Cl)ccc2Cl)C1. The number of halogens is 2. The topological polar surface area (TPSA) is 40.6 Å². The fourth-order valence-electron chi connectivity index (χ4n) is 2.72. The van der Waals surface area contributed by atoms with Crippen LogP contribution in [0.5, 0.6) is 0 Å². The summed E-state index contributed by atoms with van der Waals surface area (Å²) in [5, 5.41) is 1.10. The van der Waals surface area contributed by atoms with Crippen molar-refractivity contribution in [3.63, 3.8) is 0 Å². The Bertz CT molecular complexity index is 575. The monoisotopic (exact) mass is 342 g/mol. The zero-order chi connectivity index (χ0) is 16.3. The molecule has 1 aromatic carbocycles. The molecule has 1 aromatic rings. The highest BCUT2D eigenvalue weighted by Gasteiger charge is 2.29. The van der Waals surface area contributed by atoms with Crippen molar-refractivity contribution in [3.8, 4) is 0 Å². The van der Waals surface area contributed by atoms with Crippen molar-refractivity contribution in [2.75, 3.05) is 27.2 Å². The molecular weight excluding hydrogens is 323 g/mol. The molecule has 0 bridgehead atoms. The normalized spacial score (nSPS) is 18.2. The van der Waals surface area contributed by atoms with Crippen molar-refractivity contribution in [2.45, 2.75) is 19.3 Å². The van der Waals surface area contributed by atoms with Crippen LogP contribution in [-0.4, -0.2) is 48.8 Å². The standard InChI is InChI=1S/C16H20Cl2N2O2/c1-19(2)16(22)11-4-3-7-20(10-11)15(21)9-12-8-13(17)5-6-14(12)18/h5-6,8,11H,3-4,7,9-10H2,1-2H3/t11-/m1/s1. The van der Waals surface area contributed by atoms with E-state index in [0.717, 1.165) is 18.4 Å². The van der Waals surface area contributed by atoms with Gasteiger partial charge in [-0.15, -0.1) is 0 Å². The van der Waals surface area contributed by atoms with Gasteiger partial charge in [-0.05, 0) is 36.6 Å². The lowest BCUT2D eigenvalue weighted by Gasteiger charge is -2.33. The van der Waals surface area contributed by atoms with E-state index in [1.165, 1.54) is 0 Å². The number of nitrogens with zero attached hydrogens (tertiary/aromatic N) is 2. The lowest BCUT2D eigenvalue weighted by Crippen LogP contribution is -2.45. The second-order valence-electron chi connectivity index (χ2n) is 5.82. The Morgan fingerprint density at radius 2 is 2.05 bits per heavy atom. The van der Waals surface area contributed by atoms with Crippen LogP contribution in [0.3, 0.4) is 0 Å². The van der Waals surface area contributed by atoms with Crippen molar-refractivity contribution >= 4 is 35.0 Å². The van der Waals surface area contributed by atoms with E-state index in [1.807, 2.05) is 0 Å². The maximum absolute atomic E-state index is 12.5. The first kappa shape index (κ1) is 17.1. The molecule has 1 heterocycles. The highest BCUT2D eigenvalue weighted by atomic mass is 35.5. The summed E-state index contributed by atoms with van der Waals surface area (Å²) in [6.07, 6.45) is 1.89. The minimum atomic E-state index is -0.109. The summed E-state index contributed by atoms with van der Waals surface area (Å²) in [6.45, 7) is 1.17. The zero-order valence-corrected chi connectivity index (χ0v) is 14.3. The van der Waals surface area contributed by atoms with E-state index in [9.17, 15) is 9.59 Å². The Morgan fingerprint density at radius 3 is 2.73 bits per heavy atom. The lowest BCUT2D eigenvalue weighted by molar-refractivity contribution is -0.138. The summed E-state index contributed by atoms with van der Waals surface area (Å²) in [4.78, 5) is 27.9. The Morgan fingerprint density at radius 1 is 1.32 bits per heavy atom. The number of benzene rings is 1. The van der Waals surface area contributed by atoms with E-state index in [4.69, 9.17) is 23.2 Å². The molecule has 120 valence electrons. The van der Waals surface area contributed by atoms with Crippen molar-refractivity contribution in [1.82, 2.24) is 9.80 Å². The minimum absolute atomic E-state index is 0.0135. The first-order valence-electron chi connectivity index (χ1n) is 7.31. The Kier molecular flexibility index (Phi) is 5.70. The Hall–Kier alpha value is -1.26. The number of amides is 2. The van der Waals surface area contributed by atoms with Gasteiger partial charge in [-0.1, -0.05) is 23.2 Å². The summed E-state index contributed by atoms with van der Waals surface area (Å²) in [5.41, 5.74) is 0.722. The van der Waals surface area contributed by atoms with E-state index in [-0.39, 0.29) is 24.2 Å². The van der Waals surface area contributed by atoms with Crippen molar-refractivity contribution in [3.05, 3.63) is 33.8 Å². The van der Waals surface area contributed by atoms with Crippen LogP contribution in [0.4, 0.5) is 0 Å². The van der Waals surface area contributed by atoms with E-state index < -0.39 is 0 Å². The molecule has 0 unspecified atom stereocenters. The average molecular weight is 343 g/mol. The van der Waals surface area contributed by atoms with Gasteiger partial charge in [0, 0.05) is 37.2 Å². The summed E-state index contributed by atoms with van der Waals surface area (Å²) < 4.78 is 0. The number of carbonyl (C=O) groups excluding carboxylic acids is 2. The fraction of sp³-hybridized carbons (Fsp3) is 0.500. The predicted octanol–water partition coefficient (Wildman–Crippen LogP) is 2.86. The van der Waals surface area contributed by atoms with Gasteiger partial charge in [0.1, 0.15) is 0 Å². The molecule has 1 saturated heterocycles. The summed E-state index contributed by atoms with van der Waals surface area (Å²) in [6, 6.07) is 5.11. The molecule has 1 atom stereocenters. The fourth-order valence-corrected chi connectivity index (χ4v) is 3.10. The van der Waals surface area contributed by atoms with Crippen molar-refractivity contribution < 1.29 is 9.59 Å². The van der Waals surface area contributed by atoms with Crippen LogP contribution in [0, 0.1) is 5.92 Å². The van der Waals surface area contributed by atoms with Gasteiger partial charge in [0.05, 0.1) is 12.3 Å². The van der Waals surface area contributed by atoms with Crippen LogP contribution in [0.1, 0.15) is 18.4 Å². The second-order valence-corrected chi connectivity index (χ2v) is 6.67. The van der Waals surface area contributed by atoms with Gasteiger partial charge < -0.3 is 9.80 Å².